The Morgan fingerprint density at radius 3 is 3.06 bits per heavy atom. The highest BCUT2D eigenvalue weighted by Gasteiger charge is 2.10. The molecule has 0 amide bonds. The van der Waals surface area contributed by atoms with Gasteiger partial charge in [-0.2, -0.15) is 0 Å². The van der Waals surface area contributed by atoms with E-state index >= 15 is 0 Å². The first-order chi connectivity index (χ1) is 8.74. The fourth-order valence-electron chi connectivity index (χ4n) is 1.33. The van der Waals surface area contributed by atoms with Gasteiger partial charge in [-0.15, -0.1) is 11.8 Å². The highest BCUT2D eigenvalue weighted by atomic mass is 32.2. The number of carbonyl (C=O) groups is 1. The molecule has 18 heavy (non-hydrogen) atoms. The highest BCUT2D eigenvalue weighted by Crippen LogP contribution is 2.20. The van der Waals surface area contributed by atoms with Gasteiger partial charge in [-0.25, -0.2) is 0 Å². The summed E-state index contributed by atoms with van der Waals surface area (Å²) < 4.78 is 0. The lowest BCUT2D eigenvalue weighted by atomic mass is 10.2. The van der Waals surface area contributed by atoms with Crippen molar-refractivity contribution < 1.29 is 9.90 Å². The van der Waals surface area contributed by atoms with E-state index < -0.39 is 11.2 Å². The van der Waals surface area contributed by atoms with Gasteiger partial charge in [0, 0.05) is 28.7 Å². The third-order valence-corrected chi connectivity index (χ3v) is 3.50. The topological polar surface area (TPSA) is 102 Å². The van der Waals surface area contributed by atoms with Crippen molar-refractivity contribution in [1.29, 1.82) is 0 Å². The van der Waals surface area contributed by atoms with Gasteiger partial charge >= 0.3 is 0 Å². The maximum absolute atomic E-state index is 10.9. The van der Waals surface area contributed by atoms with E-state index in [0.717, 1.165) is 5.69 Å². The fourth-order valence-corrected chi connectivity index (χ4v) is 2.34. The molecule has 0 saturated carbocycles. The smallest absolute Gasteiger partial charge is 0.0544 e. The number of thioether (sulfide) groups is 1. The molecule has 0 aromatic carbocycles. The number of hydrogen-bond donors (Lipinski definition) is 0. The van der Waals surface area contributed by atoms with E-state index in [0.29, 0.717) is 25.1 Å². The van der Waals surface area contributed by atoms with Gasteiger partial charge in [0.15, 0.2) is 0 Å². The summed E-state index contributed by atoms with van der Waals surface area (Å²) in [5.41, 5.74) is 8.95. The Morgan fingerprint density at radius 1 is 1.61 bits per heavy atom. The molecule has 7 heteroatoms. The van der Waals surface area contributed by atoms with Crippen LogP contribution in [-0.2, 0) is 10.5 Å². The zero-order valence-electron chi connectivity index (χ0n) is 9.73. The summed E-state index contributed by atoms with van der Waals surface area (Å²) in [5.74, 6) is -0.557. The minimum Gasteiger partial charge on any atom is -0.549 e. The van der Waals surface area contributed by atoms with Gasteiger partial charge in [-0.3, -0.25) is 4.98 Å². The number of hydrogen-bond acceptors (Lipinski definition) is 5. The molecule has 0 radical (unpaired) electrons. The van der Waals surface area contributed by atoms with Gasteiger partial charge in [0.25, 0.3) is 0 Å². The summed E-state index contributed by atoms with van der Waals surface area (Å²) >= 11 is 1.28. The molecule has 96 valence electrons. The Hall–Kier alpha value is -1.72. The van der Waals surface area contributed by atoms with Crippen LogP contribution in [0.2, 0.25) is 0 Å². The number of pyridine rings is 1. The van der Waals surface area contributed by atoms with Gasteiger partial charge in [0.05, 0.1) is 11.7 Å². The van der Waals surface area contributed by atoms with Crippen molar-refractivity contribution in [3.63, 3.8) is 0 Å². The van der Waals surface area contributed by atoms with Crippen LogP contribution in [0.3, 0.4) is 0 Å². The van der Waals surface area contributed by atoms with Gasteiger partial charge in [-0.05, 0) is 30.5 Å². The Labute approximate surface area is 109 Å². The molecule has 1 atom stereocenters. The average molecular weight is 265 g/mol. The second-order valence-electron chi connectivity index (χ2n) is 3.54. The number of rotatable bonds is 8. The first-order valence-corrected chi connectivity index (χ1v) is 6.52. The molecule has 0 aliphatic carbocycles. The van der Waals surface area contributed by atoms with E-state index in [1.807, 2.05) is 18.2 Å². The lowest BCUT2D eigenvalue weighted by molar-refractivity contribution is -0.304. The number of aromatic nitrogens is 1. The first kappa shape index (κ1) is 14.3. The summed E-state index contributed by atoms with van der Waals surface area (Å²) in [5, 5.41) is 13.7. The molecule has 1 rings (SSSR count). The summed E-state index contributed by atoms with van der Waals surface area (Å²) in [6.07, 6.45) is 2.64. The zero-order chi connectivity index (χ0) is 13.2. The second-order valence-corrected chi connectivity index (χ2v) is 4.73. The molecule has 0 aliphatic heterocycles. The Kier molecular flexibility index (Phi) is 6.68. The van der Waals surface area contributed by atoms with Crippen LogP contribution >= 0.6 is 11.8 Å². The number of carbonyl (C=O) groups excluding carboxylic acids is 1. The molecule has 1 aromatic heterocycles. The van der Waals surface area contributed by atoms with E-state index in [1.54, 1.807) is 6.20 Å². The molecular weight excluding hydrogens is 252 g/mol. The van der Waals surface area contributed by atoms with E-state index in [2.05, 4.69) is 15.0 Å². The minimum atomic E-state index is -1.09. The van der Waals surface area contributed by atoms with Crippen LogP contribution in [0.15, 0.2) is 29.5 Å². The molecule has 0 saturated heterocycles. The molecule has 0 aliphatic rings. The maximum Gasteiger partial charge on any atom is 0.0544 e. The molecular formula is C11H13N4O2S-. The molecule has 0 bridgehead atoms. The molecule has 6 nitrogen and oxygen atoms in total. The zero-order valence-corrected chi connectivity index (χ0v) is 10.5. The van der Waals surface area contributed by atoms with E-state index in [9.17, 15) is 9.90 Å². The highest BCUT2D eigenvalue weighted by molar-refractivity contribution is 7.99. The molecule has 0 fully saturated rings. The van der Waals surface area contributed by atoms with E-state index in [4.69, 9.17) is 5.53 Å². The molecule has 1 aromatic rings. The maximum atomic E-state index is 10.9. The van der Waals surface area contributed by atoms with Gasteiger partial charge < -0.3 is 9.90 Å². The second kappa shape index (κ2) is 8.38. The molecule has 0 N–H and O–H groups in total. The summed E-state index contributed by atoms with van der Waals surface area (Å²) in [7, 11) is 0. The van der Waals surface area contributed by atoms with Crippen LogP contribution in [0.5, 0.6) is 0 Å². The van der Waals surface area contributed by atoms with Gasteiger partial charge in [0.1, 0.15) is 0 Å². The predicted octanol–water partition coefficient (Wildman–Crippen LogP) is 1.52. The molecule has 0 spiro atoms. The van der Waals surface area contributed by atoms with Crippen LogP contribution in [0.4, 0.5) is 0 Å². The van der Waals surface area contributed by atoms with Crippen molar-refractivity contribution in [1.82, 2.24) is 4.98 Å². The van der Waals surface area contributed by atoms with Crippen molar-refractivity contribution in [2.45, 2.75) is 23.8 Å². The molecule has 1 unspecified atom stereocenters. The van der Waals surface area contributed by atoms with Crippen LogP contribution in [0.1, 0.15) is 18.5 Å². The van der Waals surface area contributed by atoms with E-state index in [1.165, 1.54) is 11.8 Å². The van der Waals surface area contributed by atoms with Gasteiger partial charge in [0.2, 0.25) is 0 Å². The SMILES string of the molecule is [N-]=[N+]=NCCCC(SCc1ccccn1)C(=O)[O-]. The van der Waals surface area contributed by atoms with Crippen LogP contribution in [-0.4, -0.2) is 22.7 Å². The van der Waals surface area contributed by atoms with Gasteiger partial charge in [-0.1, -0.05) is 11.2 Å². The number of aliphatic carboxylic acids is 1. The van der Waals surface area contributed by atoms with Crippen LogP contribution < -0.4 is 5.11 Å². The quantitative estimate of drug-likeness (QED) is 0.308. The fraction of sp³-hybridized carbons (Fsp3) is 0.455. The standard InChI is InChI=1S/C11H14N4O2S/c12-15-14-7-3-5-10(11(16)17)18-8-9-4-1-2-6-13-9/h1-2,4,6,10H,3,5,7-8H2,(H,16,17)/p-1. The first-order valence-electron chi connectivity index (χ1n) is 5.47. The van der Waals surface area contributed by atoms with Crippen molar-refractivity contribution >= 4 is 17.7 Å². The van der Waals surface area contributed by atoms with Crippen molar-refractivity contribution in [2.24, 2.45) is 5.11 Å². The Morgan fingerprint density at radius 2 is 2.44 bits per heavy atom. The predicted molar refractivity (Wildman–Crippen MR) is 67.6 cm³/mol. The monoisotopic (exact) mass is 265 g/mol. The normalized spacial score (nSPS) is 11.6. The van der Waals surface area contributed by atoms with Crippen LogP contribution in [0.25, 0.3) is 10.4 Å². The van der Waals surface area contributed by atoms with Crippen molar-refractivity contribution in [3.8, 4) is 0 Å². The summed E-state index contributed by atoms with van der Waals surface area (Å²) in [6, 6.07) is 5.52. The summed E-state index contributed by atoms with van der Waals surface area (Å²) in [6.45, 7) is 0.310. The lowest BCUT2D eigenvalue weighted by Crippen LogP contribution is -2.33. The van der Waals surface area contributed by atoms with Crippen molar-refractivity contribution in [2.75, 3.05) is 6.54 Å². The third-order valence-electron chi connectivity index (χ3n) is 2.21. The number of carboxylic acids is 1. The molecule has 1 heterocycles. The number of nitrogens with zero attached hydrogens (tertiary/aromatic N) is 4. The largest absolute Gasteiger partial charge is 0.549 e. The summed E-state index contributed by atoms with van der Waals surface area (Å²) in [4.78, 5) is 17.7. The minimum absolute atomic E-state index is 0.310. The van der Waals surface area contributed by atoms with Crippen molar-refractivity contribution in [3.05, 3.63) is 40.5 Å². The third kappa shape index (κ3) is 5.56. The number of azide groups is 1. The lowest BCUT2D eigenvalue weighted by Gasteiger charge is -2.16. The Balaban J connectivity index is 2.38. The number of carboxylic acid groups (broad SMARTS) is 1. The average Bonchev–Trinajstić information content (AvgIpc) is 2.38. The van der Waals surface area contributed by atoms with E-state index in [-0.39, 0.29) is 0 Å². The Bertz CT molecular complexity index is 420. The van der Waals surface area contributed by atoms with Crippen LogP contribution in [0, 0.1) is 0 Å².